The minimum absolute atomic E-state index is 0.242. The summed E-state index contributed by atoms with van der Waals surface area (Å²) < 4.78 is 12.7. The van der Waals surface area contributed by atoms with Gasteiger partial charge < -0.3 is 16.2 Å². The molecule has 1 amide bonds. The molecule has 5 nitrogen and oxygen atoms in total. The normalized spacial score (nSPS) is 14.7. The van der Waals surface area contributed by atoms with Crippen LogP contribution in [0.4, 0.5) is 4.39 Å². The van der Waals surface area contributed by atoms with Gasteiger partial charge in [0.15, 0.2) is 6.30 Å². The van der Waals surface area contributed by atoms with Gasteiger partial charge >= 0.3 is 5.97 Å². The van der Waals surface area contributed by atoms with E-state index >= 15 is 0 Å². The van der Waals surface area contributed by atoms with Crippen LogP contribution in [0.3, 0.4) is 0 Å². The Kier molecular flexibility index (Phi) is 4.98. The predicted molar refractivity (Wildman–Crippen MR) is 43.6 cm³/mol. The zero-order chi connectivity index (χ0) is 10.4. The lowest BCUT2D eigenvalue weighted by Gasteiger charge is -2.11. The molecule has 4 N–H and O–H groups in total. The van der Waals surface area contributed by atoms with Gasteiger partial charge in [0, 0.05) is 12.8 Å². The number of carboxylic acid groups (broad SMARTS) is 1. The number of halogens is 1. The molecule has 0 saturated carbocycles. The Balaban J connectivity index is 3.68. The number of amides is 1. The fourth-order valence-electron chi connectivity index (χ4n) is 0.608. The molecule has 0 saturated heterocycles. The van der Waals surface area contributed by atoms with Crippen LogP contribution in [0, 0.1) is 0 Å². The van der Waals surface area contributed by atoms with Crippen LogP contribution >= 0.6 is 0 Å². The molecule has 6 heteroatoms. The van der Waals surface area contributed by atoms with Gasteiger partial charge in [-0.15, -0.1) is 0 Å². The Hall–Kier alpha value is -1.17. The van der Waals surface area contributed by atoms with E-state index in [2.05, 4.69) is 0 Å². The van der Waals surface area contributed by atoms with Crippen molar-refractivity contribution in [2.45, 2.75) is 32.1 Å². The van der Waals surface area contributed by atoms with Crippen LogP contribution < -0.4 is 11.1 Å². The van der Waals surface area contributed by atoms with Crippen LogP contribution in [-0.2, 0) is 9.59 Å². The summed E-state index contributed by atoms with van der Waals surface area (Å²) in [4.78, 5) is 20.8. The molecule has 0 aliphatic carbocycles. The average Bonchev–Trinajstić information content (AvgIpc) is 2.00. The van der Waals surface area contributed by atoms with E-state index in [9.17, 15) is 14.0 Å². The Bertz CT molecular complexity index is 196. The van der Waals surface area contributed by atoms with Crippen molar-refractivity contribution in [1.29, 1.82) is 0 Å². The van der Waals surface area contributed by atoms with Crippen molar-refractivity contribution < 1.29 is 19.1 Å². The fraction of sp³-hybridized carbons (Fsp3) is 0.714. The van der Waals surface area contributed by atoms with Crippen LogP contribution in [0.5, 0.6) is 0 Å². The molecule has 0 fully saturated rings. The molecule has 0 bridgehead atoms. The number of carbonyl (C=O) groups excluding carboxylic acids is 1. The highest BCUT2D eigenvalue weighted by Gasteiger charge is 2.14. The van der Waals surface area contributed by atoms with E-state index in [0.717, 1.165) is 0 Å². The molecule has 0 aliphatic heterocycles. The second kappa shape index (κ2) is 5.47. The number of aliphatic carboxylic acids is 1. The number of nitrogens with two attached hydrogens (primary N) is 1. The maximum Gasteiger partial charge on any atom is 0.303 e. The third-order valence-corrected chi connectivity index (χ3v) is 1.32. The quantitative estimate of drug-likeness (QED) is 0.517. The summed E-state index contributed by atoms with van der Waals surface area (Å²) in [6, 6.07) is -0.789. The maximum atomic E-state index is 12.7. The van der Waals surface area contributed by atoms with E-state index in [4.69, 9.17) is 10.8 Å². The minimum Gasteiger partial charge on any atom is -0.481 e. The summed E-state index contributed by atoms with van der Waals surface area (Å²) in [7, 11) is 0. The summed E-state index contributed by atoms with van der Waals surface area (Å²) >= 11 is 0. The topological polar surface area (TPSA) is 92.4 Å². The zero-order valence-electron chi connectivity index (χ0n) is 7.29. The lowest BCUT2D eigenvalue weighted by molar-refractivity contribution is -0.138. The predicted octanol–water partition coefficient (Wildman–Crippen LogP) is -0.390. The number of hydrogen-bond acceptors (Lipinski definition) is 3. The largest absolute Gasteiger partial charge is 0.481 e. The molecule has 13 heavy (non-hydrogen) atoms. The van der Waals surface area contributed by atoms with Crippen molar-refractivity contribution in [2.24, 2.45) is 5.73 Å². The average molecular weight is 192 g/mol. The second-order valence-corrected chi connectivity index (χ2v) is 2.70. The van der Waals surface area contributed by atoms with Crippen molar-refractivity contribution in [3.63, 3.8) is 0 Å². The van der Waals surface area contributed by atoms with Gasteiger partial charge in [0.05, 0.1) is 6.04 Å². The van der Waals surface area contributed by atoms with Gasteiger partial charge in [-0.3, -0.25) is 9.59 Å². The number of alkyl halides is 1. The van der Waals surface area contributed by atoms with Crippen molar-refractivity contribution >= 4 is 11.9 Å². The van der Waals surface area contributed by atoms with Gasteiger partial charge in [-0.2, -0.15) is 0 Å². The van der Waals surface area contributed by atoms with E-state index in [0.29, 0.717) is 0 Å². The number of nitrogens with one attached hydrogen (secondary N) is 1. The Morgan fingerprint density at radius 3 is 2.54 bits per heavy atom. The van der Waals surface area contributed by atoms with Gasteiger partial charge in [0.2, 0.25) is 5.91 Å². The highest BCUT2D eigenvalue weighted by atomic mass is 19.1. The minimum atomic E-state index is -1.64. The van der Waals surface area contributed by atoms with Gasteiger partial charge in [0.1, 0.15) is 0 Å². The zero-order valence-corrected chi connectivity index (χ0v) is 7.29. The molecule has 0 aromatic carbocycles. The van der Waals surface area contributed by atoms with Crippen molar-refractivity contribution in [1.82, 2.24) is 5.32 Å². The van der Waals surface area contributed by atoms with Crippen LogP contribution in [0.25, 0.3) is 0 Å². The van der Waals surface area contributed by atoms with Gasteiger partial charge in [-0.25, -0.2) is 4.39 Å². The smallest absolute Gasteiger partial charge is 0.303 e. The molecule has 76 valence electrons. The van der Waals surface area contributed by atoms with Crippen molar-refractivity contribution in [3.8, 4) is 0 Å². The molecule has 0 aromatic rings. The van der Waals surface area contributed by atoms with E-state index in [1.165, 1.54) is 6.92 Å². The standard InChI is InChI=1S/C7H13FN2O3/c1-4(9)7(13)10-5(8)2-3-6(11)12/h4-5H,2-3,9H2,1H3,(H,10,13)(H,11,12). The Morgan fingerprint density at radius 1 is 1.62 bits per heavy atom. The molecule has 0 aromatic heterocycles. The Labute approximate surface area is 75.1 Å². The van der Waals surface area contributed by atoms with Gasteiger partial charge in [-0.1, -0.05) is 0 Å². The van der Waals surface area contributed by atoms with Crippen molar-refractivity contribution in [2.75, 3.05) is 0 Å². The SMILES string of the molecule is CC(N)C(=O)NC(F)CCC(=O)O. The molecular formula is C7H13FN2O3. The molecule has 0 heterocycles. The maximum absolute atomic E-state index is 12.7. The lowest BCUT2D eigenvalue weighted by atomic mass is 10.2. The van der Waals surface area contributed by atoms with Gasteiger partial charge in [0.25, 0.3) is 0 Å². The monoisotopic (exact) mass is 192 g/mol. The van der Waals surface area contributed by atoms with E-state index in [1.54, 1.807) is 0 Å². The lowest BCUT2D eigenvalue weighted by Crippen LogP contribution is -2.42. The third kappa shape index (κ3) is 6.03. The summed E-state index contributed by atoms with van der Waals surface area (Å²) in [6.07, 6.45) is -2.21. The first kappa shape index (κ1) is 11.8. The van der Waals surface area contributed by atoms with Crippen LogP contribution in [0.15, 0.2) is 0 Å². The molecule has 0 rings (SSSR count). The highest BCUT2D eigenvalue weighted by Crippen LogP contribution is 1.98. The van der Waals surface area contributed by atoms with Crippen LogP contribution in [0.1, 0.15) is 19.8 Å². The van der Waals surface area contributed by atoms with Gasteiger partial charge in [-0.05, 0) is 6.92 Å². The van der Waals surface area contributed by atoms with Crippen LogP contribution in [0.2, 0.25) is 0 Å². The van der Waals surface area contributed by atoms with Crippen molar-refractivity contribution in [3.05, 3.63) is 0 Å². The third-order valence-electron chi connectivity index (χ3n) is 1.32. The number of carboxylic acids is 1. The first-order valence-electron chi connectivity index (χ1n) is 3.85. The summed E-state index contributed by atoms with van der Waals surface area (Å²) in [5, 5.41) is 10.1. The molecule has 2 unspecified atom stereocenters. The molecular weight excluding hydrogens is 179 g/mol. The highest BCUT2D eigenvalue weighted by molar-refractivity contribution is 5.81. The Morgan fingerprint density at radius 2 is 2.15 bits per heavy atom. The number of carbonyl (C=O) groups is 2. The number of rotatable bonds is 5. The van der Waals surface area contributed by atoms with Crippen LogP contribution in [-0.4, -0.2) is 29.3 Å². The molecule has 0 spiro atoms. The van der Waals surface area contributed by atoms with E-state index in [-0.39, 0.29) is 12.8 Å². The summed E-state index contributed by atoms with van der Waals surface area (Å²) in [6.45, 7) is 1.42. The molecule has 2 atom stereocenters. The second-order valence-electron chi connectivity index (χ2n) is 2.70. The van der Waals surface area contributed by atoms with E-state index < -0.39 is 24.2 Å². The first-order chi connectivity index (χ1) is 5.93. The van der Waals surface area contributed by atoms with E-state index in [1.807, 2.05) is 5.32 Å². The molecule has 0 radical (unpaired) electrons. The summed E-state index contributed by atoms with van der Waals surface area (Å²) in [5.74, 6) is -1.73. The first-order valence-corrected chi connectivity index (χ1v) is 3.85. The molecule has 0 aliphatic rings. The summed E-state index contributed by atoms with van der Waals surface area (Å²) in [5.41, 5.74) is 5.15. The number of hydrogen-bond donors (Lipinski definition) is 3. The fourth-order valence-corrected chi connectivity index (χ4v) is 0.608.